The quantitative estimate of drug-likeness (QED) is 0.818. The summed E-state index contributed by atoms with van der Waals surface area (Å²) in [6.07, 6.45) is 1.39. The van der Waals surface area contributed by atoms with Gasteiger partial charge in [0, 0.05) is 25.7 Å². The Morgan fingerprint density at radius 2 is 2.13 bits per heavy atom. The molecule has 4 amide bonds. The van der Waals surface area contributed by atoms with E-state index in [1.165, 1.54) is 0 Å². The third-order valence-electron chi connectivity index (χ3n) is 3.81. The summed E-state index contributed by atoms with van der Waals surface area (Å²) < 4.78 is 0. The highest BCUT2D eigenvalue weighted by atomic mass is 16.2. The third kappa shape index (κ3) is 4.07. The Bertz CT molecular complexity index is 550. The van der Waals surface area contributed by atoms with Crippen LogP contribution in [-0.2, 0) is 4.79 Å². The molecule has 0 aromatic heterocycles. The summed E-state index contributed by atoms with van der Waals surface area (Å²) in [6.45, 7) is 3.83. The normalized spacial score (nSPS) is 17.4. The monoisotopic (exact) mass is 318 g/mol. The lowest BCUT2D eigenvalue weighted by Gasteiger charge is -2.38. The number of para-hydroxylation sites is 1. The molecule has 2 N–H and O–H groups in total. The van der Waals surface area contributed by atoms with Crippen LogP contribution in [0.15, 0.2) is 30.3 Å². The molecule has 0 saturated carbocycles. The molecule has 1 aromatic carbocycles. The Hall–Kier alpha value is -2.41. The van der Waals surface area contributed by atoms with E-state index in [-0.39, 0.29) is 18.6 Å². The van der Waals surface area contributed by atoms with Crippen LogP contribution in [0, 0.1) is 0 Å². The van der Waals surface area contributed by atoms with E-state index in [0.29, 0.717) is 31.6 Å². The fourth-order valence-corrected chi connectivity index (χ4v) is 2.61. The van der Waals surface area contributed by atoms with E-state index in [0.717, 1.165) is 11.3 Å². The van der Waals surface area contributed by atoms with Crippen LogP contribution in [0.25, 0.3) is 0 Å². The van der Waals surface area contributed by atoms with Gasteiger partial charge in [-0.2, -0.15) is 0 Å². The molecular weight excluding hydrogens is 296 g/mol. The lowest BCUT2D eigenvalue weighted by Crippen LogP contribution is -2.59. The van der Waals surface area contributed by atoms with E-state index in [2.05, 4.69) is 10.6 Å². The first kappa shape index (κ1) is 17.0. The van der Waals surface area contributed by atoms with Crippen LogP contribution in [0.1, 0.15) is 13.3 Å². The highest BCUT2D eigenvalue weighted by molar-refractivity contribution is 6.13. The molecule has 1 heterocycles. The van der Waals surface area contributed by atoms with Crippen LogP contribution in [0.2, 0.25) is 0 Å². The summed E-state index contributed by atoms with van der Waals surface area (Å²) in [4.78, 5) is 38.6. The van der Waals surface area contributed by atoms with Gasteiger partial charge in [-0.25, -0.2) is 14.5 Å². The van der Waals surface area contributed by atoms with Crippen molar-refractivity contribution >= 4 is 24.0 Å². The highest BCUT2D eigenvalue weighted by Crippen LogP contribution is 2.18. The summed E-state index contributed by atoms with van der Waals surface area (Å²) in [5, 5.41) is 5.69. The Morgan fingerprint density at radius 1 is 1.39 bits per heavy atom. The van der Waals surface area contributed by atoms with E-state index >= 15 is 0 Å². The van der Waals surface area contributed by atoms with E-state index < -0.39 is 6.03 Å². The van der Waals surface area contributed by atoms with Crippen molar-refractivity contribution in [1.29, 1.82) is 0 Å². The van der Waals surface area contributed by atoms with Gasteiger partial charge in [-0.1, -0.05) is 25.1 Å². The van der Waals surface area contributed by atoms with Crippen molar-refractivity contribution in [2.45, 2.75) is 19.4 Å². The van der Waals surface area contributed by atoms with Gasteiger partial charge in [0.2, 0.25) is 0 Å². The number of anilines is 1. The summed E-state index contributed by atoms with van der Waals surface area (Å²) in [6, 6.07) is 7.81. The molecule has 7 heteroatoms. The van der Waals surface area contributed by atoms with E-state index in [1.807, 2.05) is 13.0 Å². The molecule has 1 saturated heterocycles. The lowest BCUT2D eigenvalue weighted by molar-refractivity contribution is -0.107. The smallest absolute Gasteiger partial charge is 0.330 e. The molecule has 0 spiro atoms. The first-order chi connectivity index (χ1) is 11.2. The molecule has 1 aromatic rings. The average Bonchev–Trinajstić information content (AvgIpc) is 2.60. The predicted octanol–water partition coefficient (Wildman–Crippen LogP) is 1.21. The van der Waals surface area contributed by atoms with E-state index in [9.17, 15) is 14.4 Å². The van der Waals surface area contributed by atoms with Crippen molar-refractivity contribution in [3.8, 4) is 0 Å². The topological polar surface area (TPSA) is 81.8 Å². The maximum atomic E-state index is 12.9. The zero-order valence-corrected chi connectivity index (χ0v) is 13.2. The molecule has 1 aliphatic rings. The lowest BCUT2D eigenvalue weighted by atomic mass is 10.1. The maximum absolute atomic E-state index is 12.9. The zero-order chi connectivity index (χ0) is 16.7. The van der Waals surface area contributed by atoms with Gasteiger partial charge in [0.15, 0.2) is 0 Å². The number of carbonyl (C=O) groups excluding carboxylic acids is 3. The van der Waals surface area contributed by atoms with Crippen LogP contribution in [0.3, 0.4) is 0 Å². The second-order valence-corrected chi connectivity index (χ2v) is 5.27. The number of nitrogens with zero attached hydrogens (tertiary/aromatic N) is 2. The Balaban J connectivity index is 2.26. The third-order valence-corrected chi connectivity index (χ3v) is 3.81. The summed E-state index contributed by atoms with van der Waals surface area (Å²) in [5.74, 6) is 0. The molecule has 1 fully saturated rings. The molecule has 0 aliphatic carbocycles. The van der Waals surface area contributed by atoms with Crippen LogP contribution < -0.4 is 15.5 Å². The van der Waals surface area contributed by atoms with Crippen molar-refractivity contribution in [1.82, 2.24) is 15.5 Å². The predicted molar refractivity (Wildman–Crippen MR) is 87.4 cm³/mol. The maximum Gasteiger partial charge on any atom is 0.333 e. The first-order valence-corrected chi connectivity index (χ1v) is 7.77. The standard InChI is InChI=1S/C16H22N4O3/c1-2-13-12-17-8-10-19(13)16(23)20(15(22)18-9-11-21)14-6-4-3-5-7-14/h3-7,11,13,17H,2,8-10,12H2,1H3,(H,18,22). The zero-order valence-electron chi connectivity index (χ0n) is 13.2. The molecular formula is C16H22N4O3. The highest BCUT2D eigenvalue weighted by Gasteiger charge is 2.32. The Labute approximate surface area is 135 Å². The van der Waals surface area contributed by atoms with Gasteiger partial charge >= 0.3 is 12.1 Å². The molecule has 1 atom stereocenters. The molecule has 2 rings (SSSR count). The number of imide groups is 1. The Morgan fingerprint density at radius 3 is 2.78 bits per heavy atom. The average molecular weight is 318 g/mol. The molecule has 7 nitrogen and oxygen atoms in total. The number of amides is 4. The fraction of sp³-hybridized carbons (Fsp3) is 0.438. The number of nitrogens with one attached hydrogen (secondary N) is 2. The largest absolute Gasteiger partial charge is 0.333 e. The van der Waals surface area contributed by atoms with Gasteiger partial charge in [-0.15, -0.1) is 0 Å². The number of benzene rings is 1. The molecule has 1 aliphatic heterocycles. The SMILES string of the molecule is CCC1CNCCN1C(=O)N(C(=O)NCC=O)c1ccccc1. The van der Waals surface area contributed by atoms with Crippen molar-refractivity contribution in [3.63, 3.8) is 0 Å². The summed E-state index contributed by atoms with van der Waals surface area (Å²) in [7, 11) is 0. The molecule has 0 bridgehead atoms. The minimum atomic E-state index is -0.596. The first-order valence-electron chi connectivity index (χ1n) is 7.77. The number of urea groups is 2. The minimum Gasteiger partial charge on any atom is -0.330 e. The molecule has 0 radical (unpaired) electrons. The number of carbonyl (C=O) groups is 3. The molecule has 23 heavy (non-hydrogen) atoms. The van der Waals surface area contributed by atoms with E-state index in [1.54, 1.807) is 29.2 Å². The van der Waals surface area contributed by atoms with Gasteiger partial charge in [0.25, 0.3) is 0 Å². The molecule has 124 valence electrons. The number of hydrogen-bond donors (Lipinski definition) is 2. The van der Waals surface area contributed by atoms with Crippen molar-refractivity contribution in [2.75, 3.05) is 31.1 Å². The Kier molecular flexibility index (Phi) is 6.10. The summed E-state index contributed by atoms with van der Waals surface area (Å²) in [5.41, 5.74) is 0.481. The van der Waals surface area contributed by atoms with Crippen LogP contribution in [-0.4, -0.2) is 55.5 Å². The van der Waals surface area contributed by atoms with Gasteiger partial charge in [0.1, 0.15) is 6.29 Å². The van der Waals surface area contributed by atoms with Crippen LogP contribution in [0.4, 0.5) is 15.3 Å². The number of hydrogen-bond acceptors (Lipinski definition) is 4. The van der Waals surface area contributed by atoms with Gasteiger partial charge < -0.3 is 20.3 Å². The van der Waals surface area contributed by atoms with Crippen LogP contribution >= 0.6 is 0 Å². The molecule has 1 unspecified atom stereocenters. The number of aldehydes is 1. The number of rotatable bonds is 4. The second-order valence-electron chi connectivity index (χ2n) is 5.27. The fourth-order valence-electron chi connectivity index (χ4n) is 2.61. The van der Waals surface area contributed by atoms with E-state index in [4.69, 9.17) is 0 Å². The van der Waals surface area contributed by atoms with Crippen molar-refractivity contribution < 1.29 is 14.4 Å². The van der Waals surface area contributed by atoms with Crippen molar-refractivity contribution in [3.05, 3.63) is 30.3 Å². The second kappa shape index (κ2) is 8.28. The summed E-state index contributed by atoms with van der Waals surface area (Å²) >= 11 is 0. The van der Waals surface area contributed by atoms with Gasteiger partial charge in [-0.3, -0.25) is 0 Å². The van der Waals surface area contributed by atoms with Gasteiger partial charge in [0.05, 0.1) is 12.2 Å². The minimum absolute atomic E-state index is 0.0429. The van der Waals surface area contributed by atoms with Gasteiger partial charge in [-0.05, 0) is 18.6 Å². The number of piperazine rings is 1. The van der Waals surface area contributed by atoms with Crippen molar-refractivity contribution in [2.24, 2.45) is 0 Å². The van der Waals surface area contributed by atoms with Crippen LogP contribution in [0.5, 0.6) is 0 Å².